The second-order valence-corrected chi connectivity index (χ2v) is 5.83. The molecule has 110 valence electrons. The van der Waals surface area contributed by atoms with Gasteiger partial charge in [-0.25, -0.2) is 0 Å². The lowest BCUT2D eigenvalue weighted by Crippen LogP contribution is -2.11. The largest absolute Gasteiger partial charge is 0.377 e. The maximum atomic E-state index is 5.45. The molecule has 1 nitrogen and oxygen atoms in total. The predicted octanol–water partition coefficient (Wildman–Crippen LogP) is 5.46. The van der Waals surface area contributed by atoms with Crippen molar-refractivity contribution in [2.75, 3.05) is 6.61 Å². The minimum atomic E-state index is 0.741. The lowest BCUT2D eigenvalue weighted by atomic mass is 9.78. The Balaban J connectivity index is 1.85. The van der Waals surface area contributed by atoms with Gasteiger partial charge in [0.15, 0.2) is 0 Å². The van der Waals surface area contributed by atoms with Gasteiger partial charge in [0.1, 0.15) is 0 Å². The van der Waals surface area contributed by atoms with Crippen LogP contribution in [0.15, 0.2) is 36.4 Å². The Bertz CT molecular complexity index is 396. The highest BCUT2D eigenvalue weighted by atomic mass is 16.5. The van der Waals surface area contributed by atoms with Gasteiger partial charge >= 0.3 is 0 Å². The van der Waals surface area contributed by atoms with E-state index in [9.17, 15) is 0 Å². The van der Waals surface area contributed by atoms with Crippen molar-refractivity contribution in [1.29, 1.82) is 0 Å². The summed E-state index contributed by atoms with van der Waals surface area (Å²) in [5, 5.41) is 0. The van der Waals surface area contributed by atoms with E-state index in [2.05, 4.69) is 43.3 Å². The van der Waals surface area contributed by atoms with Crippen LogP contribution in [-0.4, -0.2) is 6.61 Å². The summed E-state index contributed by atoms with van der Waals surface area (Å²) in [7, 11) is 0. The second-order valence-electron chi connectivity index (χ2n) is 5.83. The first kappa shape index (κ1) is 15.3. The number of rotatable bonds is 6. The predicted molar refractivity (Wildman–Crippen MR) is 85.9 cm³/mol. The van der Waals surface area contributed by atoms with E-state index in [4.69, 9.17) is 4.74 Å². The van der Waals surface area contributed by atoms with Crippen LogP contribution in [0.4, 0.5) is 0 Å². The van der Waals surface area contributed by atoms with Crippen LogP contribution >= 0.6 is 0 Å². The van der Waals surface area contributed by atoms with E-state index in [-0.39, 0.29) is 0 Å². The summed E-state index contributed by atoms with van der Waals surface area (Å²) in [6.45, 7) is 5.79. The highest BCUT2D eigenvalue weighted by Gasteiger charge is 2.20. The van der Waals surface area contributed by atoms with Crippen LogP contribution in [0, 0.1) is 5.92 Å². The molecule has 0 bridgehead atoms. The first-order valence-electron chi connectivity index (χ1n) is 8.16. The minimum Gasteiger partial charge on any atom is -0.377 e. The fraction of sp³-hybridized carbons (Fsp3) is 0.579. The molecule has 1 heteroatoms. The zero-order valence-corrected chi connectivity index (χ0v) is 13.0. The molecule has 0 aromatic heterocycles. The van der Waals surface area contributed by atoms with Crippen LogP contribution in [0.3, 0.4) is 0 Å². The molecule has 0 amide bonds. The Kier molecular flexibility index (Phi) is 6.32. The first-order valence-corrected chi connectivity index (χ1v) is 8.16. The molecule has 0 spiro atoms. The van der Waals surface area contributed by atoms with Gasteiger partial charge in [0.25, 0.3) is 0 Å². The molecule has 1 fully saturated rings. The molecule has 1 aromatic carbocycles. The van der Waals surface area contributed by atoms with E-state index in [1.54, 1.807) is 0 Å². The van der Waals surface area contributed by atoms with E-state index in [1.165, 1.54) is 43.2 Å². The third-order valence-electron chi connectivity index (χ3n) is 4.34. The van der Waals surface area contributed by atoms with Crippen LogP contribution < -0.4 is 0 Å². The van der Waals surface area contributed by atoms with Crippen LogP contribution in [0.25, 0.3) is 0 Å². The third-order valence-corrected chi connectivity index (χ3v) is 4.34. The number of hydrogen-bond donors (Lipinski definition) is 0. The fourth-order valence-electron chi connectivity index (χ4n) is 3.08. The van der Waals surface area contributed by atoms with Crippen molar-refractivity contribution in [2.45, 2.75) is 58.5 Å². The van der Waals surface area contributed by atoms with Crippen LogP contribution in [0.5, 0.6) is 0 Å². The molecule has 20 heavy (non-hydrogen) atoms. The maximum Gasteiger partial charge on any atom is 0.0716 e. The maximum absolute atomic E-state index is 5.45. The van der Waals surface area contributed by atoms with Crippen molar-refractivity contribution < 1.29 is 4.74 Å². The summed E-state index contributed by atoms with van der Waals surface area (Å²) in [5.41, 5.74) is 2.80. The van der Waals surface area contributed by atoms with Crippen molar-refractivity contribution in [1.82, 2.24) is 0 Å². The molecule has 0 N–H and O–H groups in total. The molecule has 1 saturated carbocycles. The van der Waals surface area contributed by atoms with Gasteiger partial charge in [-0.2, -0.15) is 0 Å². The van der Waals surface area contributed by atoms with Crippen molar-refractivity contribution >= 4 is 0 Å². The summed E-state index contributed by atoms with van der Waals surface area (Å²) in [6, 6.07) is 9.07. The molecule has 1 aliphatic rings. The molecular weight excluding hydrogens is 244 g/mol. The Hall–Kier alpha value is -1.08. The van der Waals surface area contributed by atoms with Gasteiger partial charge in [-0.05, 0) is 62.0 Å². The molecule has 0 unspecified atom stereocenters. The quantitative estimate of drug-likeness (QED) is 0.624. The molecule has 0 radical (unpaired) electrons. The summed E-state index contributed by atoms with van der Waals surface area (Å²) in [4.78, 5) is 0. The first-order chi connectivity index (χ1) is 9.83. The number of hydrogen-bond acceptors (Lipinski definition) is 1. The molecular formula is C19H28O. The van der Waals surface area contributed by atoms with Crippen LogP contribution in [0.2, 0.25) is 0 Å². The van der Waals surface area contributed by atoms with Gasteiger partial charge in [0.2, 0.25) is 0 Å². The van der Waals surface area contributed by atoms with Gasteiger partial charge in [0, 0.05) is 6.61 Å². The fourth-order valence-corrected chi connectivity index (χ4v) is 3.08. The normalized spacial score (nSPS) is 23.3. The van der Waals surface area contributed by atoms with E-state index in [1.807, 2.05) is 6.92 Å². The molecule has 0 atom stereocenters. The average molecular weight is 272 g/mol. The highest BCUT2D eigenvalue weighted by Crippen LogP contribution is 2.36. The van der Waals surface area contributed by atoms with Gasteiger partial charge in [-0.3, -0.25) is 0 Å². The summed E-state index contributed by atoms with van der Waals surface area (Å²) >= 11 is 0. The monoisotopic (exact) mass is 272 g/mol. The third kappa shape index (κ3) is 4.49. The van der Waals surface area contributed by atoms with E-state index >= 15 is 0 Å². The van der Waals surface area contributed by atoms with Crippen LogP contribution in [0.1, 0.15) is 63.0 Å². The van der Waals surface area contributed by atoms with Gasteiger partial charge in [-0.15, -0.1) is 0 Å². The van der Waals surface area contributed by atoms with Gasteiger partial charge in [-0.1, -0.05) is 43.3 Å². The average Bonchev–Trinajstić information content (AvgIpc) is 2.52. The molecule has 1 aliphatic carbocycles. The second kappa shape index (κ2) is 8.26. The lowest BCUT2D eigenvalue weighted by molar-refractivity contribution is 0.134. The summed E-state index contributed by atoms with van der Waals surface area (Å²) in [5.74, 6) is 1.59. The zero-order valence-electron chi connectivity index (χ0n) is 13.0. The Morgan fingerprint density at radius 3 is 2.35 bits per heavy atom. The van der Waals surface area contributed by atoms with Crippen molar-refractivity contribution in [3.8, 4) is 0 Å². The lowest BCUT2D eigenvalue weighted by Gasteiger charge is -2.27. The van der Waals surface area contributed by atoms with Crippen molar-refractivity contribution in [3.05, 3.63) is 47.5 Å². The highest BCUT2D eigenvalue weighted by molar-refractivity contribution is 5.25. The standard InChI is InChI=1S/C19H28O/c1-3-5-6-16-7-11-18(12-8-16)19-13-9-17(10-14-19)15-20-4-2/h5-6,9-10,13-14,16,18H,3-4,7-8,11-12,15H2,1-2H3/b6-5+/t16-,18-. The smallest absolute Gasteiger partial charge is 0.0716 e. The van der Waals surface area contributed by atoms with E-state index in [0.717, 1.165) is 25.0 Å². The minimum absolute atomic E-state index is 0.741. The molecule has 0 heterocycles. The van der Waals surface area contributed by atoms with Crippen molar-refractivity contribution in [3.63, 3.8) is 0 Å². The molecule has 1 aromatic rings. The van der Waals surface area contributed by atoms with E-state index in [0.29, 0.717) is 0 Å². The molecule has 2 rings (SSSR count). The van der Waals surface area contributed by atoms with Gasteiger partial charge in [0.05, 0.1) is 6.61 Å². The SMILES string of the molecule is CC/C=C/[C@H]1CC[C@H](c2ccc(COCC)cc2)CC1. The summed E-state index contributed by atoms with van der Waals surface area (Å²) in [6.07, 6.45) is 11.3. The molecule has 0 saturated heterocycles. The summed E-state index contributed by atoms with van der Waals surface area (Å²) < 4.78 is 5.45. The number of allylic oxidation sites excluding steroid dienone is 2. The van der Waals surface area contributed by atoms with Crippen LogP contribution in [-0.2, 0) is 11.3 Å². The number of benzene rings is 1. The van der Waals surface area contributed by atoms with Gasteiger partial charge < -0.3 is 4.74 Å². The Labute approximate surface area is 124 Å². The topological polar surface area (TPSA) is 9.23 Å². The Morgan fingerprint density at radius 1 is 1.05 bits per heavy atom. The van der Waals surface area contributed by atoms with E-state index < -0.39 is 0 Å². The number of ether oxygens (including phenoxy) is 1. The Morgan fingerprint density at radius 2 is 1.75 bits per heavy atom. The zero-order chi connectivity index (χ0) is 14.2. The van der Waals surface area contributed by atoms with Crippen molar-refractivity contribution in [2.24, 2.45) is 5.92 Å². The molecule has 0 aliphatic heterocycles.